The van der Waals surface area contributed by atoms with Crippen molar-refractivity contribution in [3.63, 3.8) is 0 Å². The molecule has 0 aliphatic rings. The second-order valence-corrected chi connectivity index (χ2v) is 5.19. The van der Waals surface area contributed by atoms with Gasteiger partial charge in [-0.1, -0.05) is 63.6 Å². The molecule has 0 spiro atoms. The average molecular weight is 264 g/mol. The Hall–Kier alpha value is -1.02. The van der Waals surface area contributed by atoms with Gasteiger partial charge in [0.15, 0.2) is 0 Å². The SMILES string of the molecule is CCCCCCCCCOc1c(C)cccc1CO. The lowest BCUT2D eigenvalue weighted by atomic mass is 10.1. The highest BCUT2D eigenvalue weighted by atomic mass is 16.5. The van der Waals surface area contributed by atoms with Gasteiger partial charge in [-0.25, -0.2) is 0 Å². The fourth-order valence-electron chi connectivity index (χ4n) is 2.28. The van der Waals surface area contributed by atoms with Crippen LogP contribution in [-0.4, -0.2) is 11.7 Å². The number of rotatable bonds is 10. The van der Waals surface area contributed by atoms with Crippen LogP contribution in [0.3, 0.4) is 0 Å². The van der Waals surface area contributed by atoms with Gasteiger partial charge in [0.05, 0.1) is 13.2 Å². The first-order valence-corrected chi connectivity index (χ1v) is 7.61. The summed E-state index contributed by atoms with van der Waals surface area (Å²) in [5.74, 6) is 0.871. The smallest absolute Gasteiger partial charge is 0.127 e. The summed E-state index contributed by atoms with van der Waals surface area (Å²) in [7, 11) is 0. The predicted octanol–water partition coefficient (Wildman–Crippen LogP) is 4.62. The van der Waals surface area contributed by atoms with E-state index in [0.29, 0.717) is 0 Å². The maximum absolute atomic E-state index is 9.29. The van der Waals surface area contributed by atoms with Crippen molar-refractivity contribution >= 4 is 0 Å². The first-order valence-electron chi connectivity index (χ1n) is 7.61. The zero-order valence-corrected chi connectivity index (χ0v) is 12.5. The highest BCUT2D eigenvalue weighted by Gasteiger charge is 2.05. The standard InChI is InChI=1S/C17H28O2/c1-3-4-5-6-7-8-9-13-19-17-15(2)11-10-12-16(17)14-18/h10-12,18H,3-9,13-14H2,1-2H3. The van der Waals surface area contributed by atoms with Gasteiger partial charge in [-0.05, 0) is 18.9 Å². The first-order chi connectivity index (χ1) is 9.29. The molecule has 0 fully saturated rings. The van der Waals surface area contributed by atoms with Gasteiger partial charge in [-0.3, -0.25) is 0 Å². The number of para-hydroxylation sites is 1. The summed E-state index contributed by atoms with van der Waals surface area (Å²) in [5, 5.41) is 9.29. The second-order valence-electron chi connectivity index (χ2n) is 5.19. The van der Waals surface area contributed by atoms with Gasteiger partial charge in [0.1, 0.15) is 5.75 Å². The minimum absolute atomic E-state index is 0.0496. The fraction of sp³-hybridized carbons (Fsp3) is 0.647. The van der Waals surface area contributed by atoms with Crippen LogP contribution in [0.5, 0.6) is 5.75 Å². The lowest BCUT2D eigenvalue weighted by molar-refractivity contribution is 0.259. The minimum atomic E-state index is 0.0496. The van der Waals surface area contributed by atoms with Crippen molar-refractivity contribution in [2.24, 2.45) is 0 Å². The number of aryl methyl sites for hydroxylation is 1. The molecule has 0 amide bonds. The molecule has 0 unspecified atom stereocenters. The summed E-state index contributed by atoms with van der Waals surface area (Å²) in [6.45, 7) is 5.08. The van der Waals surface area contributed by atoms with Gasteiger partial charge in [0, 0.05) is 5.56 Å². The molecule has 0 aliphatic heterocycles. The highest BCUT2D eigenvalue weighted by molar-refractivity contribution is 5.40. The van der Waals surface area contributed by atoms with Crippen molar-refractivity contribution in [1.82, 2.24) is 0 Å². The molecule has 108 valence electrons. The van der Waals surface area contributed by atoms with E-state index in [-0.39, 0.29) is 6.61 Å². The van der Waals surface area contributed by atoms with E-state index in [2.05, 4.69) is 6.92 Å². The molecule has 1 N–H and O–H groups in total. The topological polar surface area (TPSA) is 29.5 Å². The van der Waals surface area contributed by atoms with Crippen LogP contribution in [0.1, 0.15) is 63.0 Å². The predicted molar refractivity (Wildman–Crippen MR) is 80.6 cm³/mol. The van der Waals surface area contributed by atoms with E-state index in [1.165, 1.54) is 38.5 Å². The van der Waals surface area contributed by atoms with Gasteiger partial charge in [0.25, 0.3) is 0 Å². The van der Waals surface area contributed by atoms with E-state index in [1.807, 2.05) is 25.1 Å². The van der Waals surface area contributed by atoms with E-state index >= 15 is 0 Å². The average Bonchev–Trinajstić information content (AvgIpc) is 2.43. The zero-order chi connectivity index (χ0) is 13.9. The molecule has 19 heavy (non-hydrogen) atoms. The van der Waals surface area contributed by atoms with Crippen LogP contribution < -0.4 is 4.74 Å². The highest BCUT2D eigenvalue weighted by Crippen LogP contribution is 2.23. The Kier molecular flexibility index (Phi) is 8.31. The van der Waals surface area contributed by atoms with Crippen LogP contribution in [0.4, 0.5) is 0 Å². The maximum Gasteiger partial charge on any atom is 0.127 e. The van der Waals surface area contributed by atoms with Crippen LogP contribution in [0.2, 0.25) is 0 Å². The third-order valence-electron chi connectivity index (χ3n) is 3.46. The minimum Gasteiger partial charge on any atom is -0.493 e. The van der Waals surface area contributed by atoms with Gasteiger partial charge in [0.2, 0.25) is 0 Å². The van der Waals surface area contributed by atoms with Crippen molar-refractivity contribution < 1.29 is 9.84 Å². The van der Waals surface area contributed by atoms with Crippen molar-refractivity contribution in [1.29, 1.82) is 0 Å². The number of hydrogen-bond acceptors (Lipinski definition) is 2. The summed E-state index contributed by atoms with van der Waals surface area (Å²) in [4.78, 5) is 0. The molecule has 1 aromatic carbocycles. The number of aliphatic hydroxyl groups excluding tert-OH is 1. The summed E-state index contributed by atoms with van der Waals surface area (Å²) in [6.07, 6.45) is 9.03. The monoisotopic (exact) mass is 264 g/mol. The molecule has 0 bridgehead atoms. The van der Waals surface area contributed by atoms with Crippen molar-refractivity contribution in [3.05, 3.63) is 29.3 Å². The molecular weight excluding hydrogens is 236 g/mol. The molecule has 0 radical (unpaired) electrons. The molecule has 1 rings (SSSR count). The Balaban J connectivity index is 2.19. The molecule has 0 saturated carbocycles. The third kappa shape index (κ3) is 6.11. The van der Waals surface area contributed by atoms with E-state index in [4.69, 9.17) is 4.74 Å². The molecule has 0 heterocycles. The summed E-state index contributed by atoms with van der Waals surface area (Å²) in [6, 6.07) is 5.91. The van der Waals surface area contributed by atoms with Crippen molar-refractivity contribution in [3.8, 4) is 5.75 Å². The van der Waals surface area contributed by atoms with Crippen molar-refractivity contribution in [2.45, 2.75) is 65.4 Å². The lowest BCUT2D eigenvalue weighted by Crippen LogP contribution is -2.02. The van der Waals surface area contributed by atoms with Gasteiger partial charge in [-0.2, -0.15) is 0 Å². The molecule has 0 aromatic heterocycles. The molecule has 2 nitrogen and oxygen atoms in total. The molecule has 0 atom stereocenters. The number of aliphatic hydroxyl groups is 1. The Morgan fingerprint density at radius 2 is 1.68 bits per heavy atom. The summed E-state index contributed by atoms with van der Waals surface area (Å²) >= 11 is 0. The van der Waals surface area contributed by atoms with Gasteiger partial charge < -0.3 is 9.84 Å². The molecular formula is C17H28O2. The molecule has 2 heteroatoms. The van der Waals surface area contributed by atoms with Gasteiger partial charge in [-0.15, -0.1) is 0 Å². The number of unbranched alkanes of at least 4 members (excludes halogenated alkanes) is 6. The normalized spacial score (nSPS) is 10.7. The van der Waals surface area contributed by atoms with Crippen LogP contribution >= 0.6 is 0 Å². The van der Waals surface area contributed by atoms with E-state index in [9.17, 15) is 5.11 Å². The van der Waals surface area contributed by atoms with E-state index < -0.39 is 0 Å². The number of hydrogen-bond donors (Lipinski definition) is 1. The van der Waals surface area contributed by atoms with Crippen molar-refractivity contribution in [2.75, 3.05) is 6.61 Å². The second kappa shape index (κ2) is 9.85. The largest absolute Gasteiger partial charge is 0.493 e. The van der Waals surface area contributed by atoms with Crippen LogP contribution in [0.15, 0.2) is 18.2 Å². The van der Waals surface area contributed by atoms with Crippen LogP contribution in [0.25, 0.3) is 0 Å². The summed E-state index contributed by atoms with van der Waals surface area (Å²) < 4.78 is 5.83. The Morgan fingerprint density at radius 3 is 2.37 bits per heavy atom. The number of ether oxygens (including phenoxy) is 1. The van der Waals surface area contributed by atoms with Crippen LogP contribution in [-0.2, 0) is 6.61 Å². The number of benzene rings is 1. The molecule has 0 aliphatic carbocycles. The molecule has 1 aromatic rings. The summed E-state index contributed by atoms with van der Waals surface area (Å²) in [5.41, 5.74) is 2.00. The first kappa shape index (κ1) is 16.0. The Bertz CT molecular complexity index is 347. The molecule has 0 saturated heterocycles. The van der Waals surface area contributed by atoms with E-state index in [1.54, 1.807) is 0 Å². The fourth-order valence-corrected chi connectivity index (χ4v) is 2.28. The Morgan fingerprint density at radius 1 is 1.00 bits per heavy atom. The quantitative estimate of drug-likeness (QED) is 0.625. The van der Waals surface area contributed by atoms with Crippen LogP contribution in [0, 0.1) is 6.92 Å². The lowest BCUT2D eigenvalue weighted by Gasteiger charge is -2.12. The third-order valence-corrected chi connectivity index (χ3v) is 3.46. The maximum atomic E-state index is 9.29. The van der Waals surface area contributed by atoms with E-state index in [0.717, 1.165) is 29.9 Å². The van der Waals surface area contributed by atoms with Gasteiger partial charge >= 0.3 is 0 Å². The Labute approximate surface area is 117 Å². The zero-order valence-electron chi connectivity index (χ0n) is 12.5.